The highest BCUT2D eigenvalue weighted by atomic mass is 16.3. The molecule has 0 aliphatic carbocycles. The van der Waals surface area contributed by atoms with Gasteiger partial charge in [0.1, 0.15) is 0 Å². The molecule has 3 rings (SSSR count). The predicted molar refractivity (Wildman–Crippen MR) is 122 cm³/mol. The highest BCUT2D eigenvalue weighted by Crippen LogP contribution is 2.28. The van der Waals surface area contributed by atoms with E-state index in [-0.39, 0.29) is 23.7 Å². The smallest absolute Gasteiger partial charge is 0.252 e. The Morgan fingerprint density at radius 1 is 1.26 bits per heavy atom. The number of aromatic amines is 1. The van der Waals surface area contributed by atoms with Gasteiger partial charge in [-0.3, -0.25) is 9.69 Å². The molecule has 0 bridgehead atoms. The Morgan fingerprint density at radius 3 is 2.71 bits per heavy atom. The number of aromatic nitrogens is 5. The zero-order valence-electron chi connectivity index (χ0n) is 19.2. The minimum Gasteiger partial charge on any atom is -0.396 e. The average Bonchev–Trinajstić information content (AvgIpc) is 3.20. The molecule has 8 heteroatoms. The lowest BCUT2D eigenvalue weighted by Gasteiger charge is -2.32. The van der Waals surface area contributed by atoms with Gasteiger partial charge in [0, 0.05) is 30.8 Å². The summed E-state index contributed by atoms with van der Waals surface area (Å²) in [5, 5.41) is 23.1. The number of benzene rings is 1. The normalized spacial score (nSPS) is 13.3. The van der Waals surface area contributed by atoms with E-state index in [9.17, 15) is 9.90 Å². The van der Waals surface area contributed by atoms with Crippen molar-refractivity contribution in [3.8, 4) is 0 Å². The summed E-state index contributed by atoms with van der Waals surface area (Å²) in [6.45, 7) is 11.6. The van der Waals surface area contributed by atoms with E-state index in [1.807, 2.05) is 29.8 Å². The van der Waals surface area contributed by atoms with Gasteiger partial charge in [-0.25, -0.2) is 4.68 Å². The molecule has 0 aliphatic rings. The molecule has 168 valence electrons. The van der Waals surface area contributed by atoms with E-state index >= 15 is 0 Å². The first kappa shape index (κ1) is 23.1. The molecule has 31 heavy (non-hydrogen) atoms. The van der Waals surface area contributed by atoms with Crippen molar-refractivity contribution in [1.29, 1.82) is 0 Å². The third kappa shape index (κ3) is 5.37. The van der Waals surface area contributed by atoms with E-state index in [2.05, 4.69) is 59.2 Å². The van der Waals surface area contributed by atoms with Gasteiger partial charge in [0.05, 0.1) is 11.6 Å². The first-order valence-electron chi connectivity index (χ1n) is 11.0. The topological polar surface area (TPSA) is 99.9 Å². The molecule has 0 amide bonds. The van der Waals surface area contributed by atoms with Crippen LogP contribution in [0.1, 0.15) is 70.0 Å². The predicted octanol–water partition coefficient (Wildman–Crippen LogP) is 3.30. The number of aliphatic hydroxyl groups is 1. The summed E-state index contributed by atoms with van der Waals surface area (Å²) in [6.07, 6.45) is 2.42. The van der Waals surface area contributed by atoms with E-state index in [4.69, 9.17) is 0 Å². The maximum atomic E-state index is 12.8. The van der Waals surface area contributed by atoms with E-state index < -0.39 is 0 Å². The van der Waals surface area contributed by atoms with Crippen LogP contribution in [0.3, 0.4) is 0 Å². The maximum Gasteiger partial charge on any atom is 0.252 e. The summed E-state index contributed by atoms with van der Waals surface area (Å²) in [5.41, 5.74) is 2.34. The molecular formula is C23H34N6O2. The zero-order chi connectivity index (χ0) is 22.6. The quantitative estimate of drug-likeness (QED) is 0.545. The number of rotatable bonds is 9. The van der Waals surface area contributed by atoms with Crippen molar-refractivity contribution in [1.82, 2.24) is 30.1 Å². The van der Waals surface area contributed by atoms with Crippen LogP contribution in [-0.2, 0) is 12.1 Å². The summed E-state index contributed by atoms with van der Waals surface area (Å²) in [5.74, 6) is 0.792. The van der Waals surface area contributed by atoms with Gasteiger partial charge < -0.3 is 10.1 Å². The Morgan fingerprint density at radius 2 is 2.03 bits per heavy atom. The molecule has 0 saturated heterocycles. The van der Waals surface area contributed by atoms with Crippen LogP contribution < -0.4 is 5.56 Å². The third-order valence-electron chi connectivity index (χ3n) is 5.48. The fourth-order valence-electron chi connectivity index (χ4n) is 3.95. The van der Waals surface area contributed by atoms with Crippen molar-refractivity contribution in [2.45, 2.75) is 72.0 Å². The lowest BCUT2D eigenvalue weighted by molar-refractivity contribution is 0.142. The second kappa shape index (κ2) is 9.70. The molecule has 1 atom stereocenters. The number of H-pyrrole nitrogens is 1. The van der Waals surface area contributed by atoms with Crippen LogP contribution in [0.4, 0.5) is 0 Å². The van der Waals surface area contributed by atoms with Gasteiger partial charge in [0.2, 0.25) is 0 Å². The third-order valence-corrected chi connectivity index (χ3v) is 5.48. The van der Waals surface area contributed by atoms with Crippen molar-refractivity contribution in [2.75, 3.05) is 13.2 Å². The largest absolute Gasteiger partial charge is 0.396 e. The summed E-state index contributed by atoms with van der Waals surface area (Å²) in [7, 11) is 0. The second-order valence-electron chi connectivity index (χ2n) is 9.19. The monoisotopic (exact) mass is 426 g/mol. The summed E-state index contributed by atoms with van der Waals surface area (Å²) >= 11 is 0. The van der Waals surface area contributed by atoms with E-state index in [0.29, 0.717) is 25.1 Å². The molecule has 2 N–H and O–H groups in total. The molecule has 0 fully saturated rings. The fourth-order valence-corrected chi connectivity index (χ4v) is 3.95. The first-order valence-corrected chi connectivity index (χ1v) is 11.0. The van der Waals surface area contributed by atoms with Gasteiger partial charge in [-0.15, -0.1) is 5.10 Å². The van der Waals surface area contributed by atoms with Gasteiger partial charge in [-0.05, 0) is 74.5 Å². The van der Waals surface area contributed by atoms with Crippen LogP contribution in [0.5, 0.6) is 0 Å². The Labute approximate surface area is 183 Å². The Balaban J connectivity index is 2.02. The average molecular weight is 427 g/mol. The molecule has 3 aromatic rings. The van der Waals surface area contributed by atoms with Crippen LogP contribution in [0.25, 0.3) is 10.9 Å². The van der Waals surface area contributed by atoms with Gasteiger partial charge in [0.15, 0.2) is 5.82 Å². The minimum atomic E-state index is -0.259. The van der Waals surface area contributed by atoms with Gasteiger partial charge >= 0.3 is 0 Å². The first-order chi connectivity index (χ1) is 14.7. The highest BCUT2D eigenvalue weighted by molar-refractivity contribution is 5.79. The highest BCUT2D eigenvalue weighted by Gasteiger charge is 2.30. The number of nitrogens with one attached hydrogen (secondary N) is 1. The number of tetrazole rings is 1. The fraction of sp³-hybridized carbons (Fsp3) is 0.565. The van der Waals surface area contributed by atoms with Crippen LogP contribution in [0.15, 0.2) is 29.1 Å². The van der Waals surface area contributed by atoms with E-state index in [1.54, 1.807) is 0 Å². The molecule has 1 aromatic carbocycles. The maximum absolute atomic E-state index is 12.8. The molecule has 0 spiro atoms. The molecular weight excluding hydrogens is 392 g/mol. The number of aryl methyl sites for hydroxylation is 1. The molecule has 8 nitrogen and oxygen atoms in total. The Bertz CT molecular complexity index is 1070. The van der Waals surface area contributed by atoms with Crippen LogP contribution in [0.2, 0.25) is 0 Å². The van der Waals surface area contributed by atoms with Crippen molar-refractivity contribution in [3.05, 3.63) is 51.6 Å². The summed E-state index contributed by atoms with van der Waals surface area (Å²) < 4.78 is 1.87. The zero-order valence-corrected chi connectivity index (χ0v) is 19.2. The van der Waals surface area contributed by atoms with Crippen LogP contribution in [0, 0.1) is 6.92 Å². The molecule has 0 unspecified atom stereocenters. The van der Waals surface area contributed by atoms with E-state index in [0.717, 1.165) is 35.1 Å². The van der Waals surface area contributed by atoms with Crippen molar-refractivity contribution < 1.29 is 5.11 Å². The van der Waals surface area contributed by atoms with Crippen LogP contribution >= 0.6 is 0 Å². The molecule has 0 aliphatic heterocycles. The number of nitrogens with zero attached hydrogens (tertiary/aromatic N) is 5. The van der Waals surface area contributed by atoms with Gasteiger partial charge in [-0.1, -0.05) is 25.0 Å². The second-order valence-corrected chi connectivity index (χ2v) is 9.19. The lowest BCUT2D eigenvalue weighted by Crippen LogP contribution is -2.36. The van der Waals surface area contributed by atoms with Crippen molar-refractivity contribution >= 4 is 10.9 Å². The number of hydrogen-bond acceptors (Lipinski definition) is 6. The standard InChI is InChI=1S/C23H34N6O2/c1-6-8-20(21-25-26-27-29(21)23(3,4)5)28(11-7-12-30)15-18-14-17-13-16(2)9-10-19(17)24-22(18)31/h9-10,13-14,20,30H,6-8,11-12,15H2,1-5H3,(H,24,31)/t20-/m0/s1. The molecule has 2 aromatic heterocycles. The lowest BCUT2D eigenvalue weighted by atomic mass is 10.0. The molecule has 0 radical (unpaired) electrons. The van der Waals surface area contributed by atoms with Crippen molar-refractivity contribution in [3.63, 3.8) is 0 Å². The van der Waals surface area contributed by atoms with Crippen molar-refractivity contribution in [2.24, 2.45) is 0 Å². The number of aliphatic hydroxyl groups excluding tert-OH is 1. The van der Waals surface area contributed by atoms with Crippen LogP contribution in [-0.4, -0.2) is 48.3 Å². The molecule has 0 saturated carbocycles. The number of hydrogen-bond donors (Lipinski definition) is 2. The summed E-state index contributed by atoms with van der Waals surface area (Å²) in [6, 6.07) is 7.93. The van der Waals surface area contributed by atoms with E-state index in [1.165, 1.54) is 0 Å². The Hall–Kier alpha value is -2.58. The Kier molecular flexibility index (Phi) is 7.23. The van der Waals surface area contributed by atoms with Gasteiger partial charge in [0.25, 0.3) is 5.56 Å². The minimum absolute atomic E-state index is 0.0571. The molecule has 2 heterocycles. The SMILES string of the molecule is CCC[C@@H](c1nnnn1C(C)(C)C)N(CCCO)Cc1cc2cc(C)ccc2[nH]c1=O. The number of pyridine rings is 1. The van der Waals surface area contributed by atoms with Gasteiger partial charge in [-0.2, -0.15) is 0 Å². The summed E-state index contributed by atoms with van der Waals surface area (Å²) in [4.78, 5) is 18.1. The number of fused-ring (bicyclic) bond motifs is 1.